The van der Waals surface area contributed by atoms with Crippen molar-refractivity contribution >= 4 is 0 Å². The van der Waals surface area contributed by atoms with Crippen LogP contribution in [0.3, 0.4) is 0 Å². The van der Waals surface area contributed by atoms with Crippen molar-refractivity contribution < 1.29 is 5.21 Å². The summed E-state index contributed by atoms with van der Waals surface area (Å²) in [7, 11) is 0. The Balaban J connectivity index is 3.33. The van der Waals surface area contributed by atoms with E-state index in [0.29, 0.717) is 5.49 Å². The minimum atomic E-state index is 0.331. The van der Waals surface area contributed by atoms with Crippen molar-refractivity contribution in [2.75, 3.05) is 5.84 Å². The molecule has 0 saturated heterocycles. The van der Waals surface area contributed by atoms with Crippen molar-refractivity contribution in [2.45, 2.75) is 0 Å². The average Bonchev–Trinajstić information content (AvgIpc) is 1.89. The molecule has 0 saturated carbocycles. The van der Waals surface area contributed by atoms with Gasteiger partial charge in [0.05, 0.1) is 0 Å². The smallest absolute Gasteiger partial charge is 0.190 e. The largest absolute Gasteiger partial charge is 0.409 e. The standard InChI is InChI=1S/C5H7N3O/c6-8-4-2-1-3-5(8)7-9/h1-4,9H,6H2. The first kappa shape index (κ1) is 5.68. The van der Waals surface area contributed by atoms with Gasteiger partial charge in [-0.05, 0) is 12.1 Å². The normalized spacial score (nSPS) is 11.8. The van der Waals surface area contributed by atoms with Crippen molar-refractivity contribution in [3.05, 3.63) is 29.9 Å². The van der Waals surface area contributed by atoms with Crippen LogP contribution in [-0.4, -0.2) is 9.88 Å². The van der Waals surface area contributed by atoms with E-state index >= 15 is 0 Å². The summed E-state index contributed by atoms with van der Waals surface area (Å²) in [5, 5.41) is 11.2. The summed E-state index contributed by atoms with van der Waals surface area (Å²) in [4.78, 5) is 0. The number of hydrogen-bond donors (Lipinski definition) is 2. The zero-order chi connectivity index (χ0) is 6.69. The van der Waals surface area contributed by atoms with E-state index in [-0.39, 0.29) is 0 Å². The SMILES string of the molecule is Nn1ccccc1=NO. The fourth-order valence-electron chi connectivity index (χ4n) is 0.531. The average molecular weight is 125 g/mol. The lowest BCUT2D eigenvalue weighted by Crippen LogP contribution is -2.26. The van der Waals surface area contributed by atoms with Crippen molar-refractivity contribution in [1.29, 1.82) is 0 Å². The van der Waals surface area contributed by atoms with Crippen LogP contribution < -0.4 is 11.3 Å². The summed E-state index contributed by atoms with van der Waals surface area (Å²) in [6.07, 6.45) is 1.59. The van der Waals surface area contributed by atoms with E-state index in [0.717, 1.165) is 0 Å². The summed E-state index contributed by atoms with van der Waals surface area (Å²) in [5.41, 5.74) is 0.331. The fraction of sp³-hybridized carbons (Fsp3) is 0. The molecule has 0 fully saturated rings. The lowest BCUT2D eigenvalue weighted by atomic mass is 10.5. The second-order valence-electron chi connectivity index (χ2n) is 1.57. The lowest BCUT2D eigenvalue weighted by molar-refractivity contribution is 0.295. The van der Waals surface area contributed by atoms with Crippen molar-refractivity contribution in [1.82, 2.24) is 4.68 Å². The lowest BCUT2D eigenvalue weighted by Gasteiger charge is -1.93. The maximum atomic E-state index is 8.24. The summed E-state index contributed by atoms with van der Waals surface area (Å²) in [5.74, 6) is 5.29. The van der Waals surface area contributed by atoms with Crippen LogP contribution in [0.25, 0.3) is 0 Å². The first-order valence-corrected chi connectivity index (χ1v) is 2.45. The van der Waals surface area contributed by atoms with E-state index in [2.05, 4.69) is 5.16 Å². The van der Waals surface area contributed by atoms with Gasteiger partial charge in [-0.25, -0.2) is 4.68 Å². The second kappa shape index (κ2) is 2.21. The highest BCUT2D eigenvalue weighted by Crippen LogP contribution is 1.72. The Morgan fingerprint density at radius 3 is 2.78 bits per heavy atom. The molecule has 0 unspecified atom stereocenters. The molecule has 0 bridgehead atoms. The van der Waals surface area contributed by atoms with Gasteiger partial charge in [-0.15, -0.1) is 0 Å². The number of nitrogen functional groups attached to an aromatic ring is 1. The first-order chi connectivity index (χ1) is 4.34. The van der Waals surface area contributed by atoms with Gasteiger partial charge in [0.25, 0.3) is 0 Å². The third kappa shape index (κ3) is 1.02. The Morgan fingerprint density at radius 2 is 2.33 bits per heavy atom. The predicted molar refractivity (Wildman–Crippen MR) is 31.9 cm³/mol. The highest BCUT2D eigenvalue weighted by molar-refractivity contribution is 4.91. The Labute approximate surface area is 51.8 Å². The number of pyridine rings is 1. The van der Waals surface area contributed by atoms with E-state index in [4.69, 9.17) is 11.0 Å². The summed E-state index contributed by atoms with van der Waals surface area (Å²) in [6.45, 7) is 0. The summed E-state index contributed by atoms with van der Waals surface area (Å²) in [6, 6.07) is 5.08. The van der Waals surface area contributed by atoms with E-state index in [1.165, 1.54) is 4.68 Å². The Kier molecular flexibility index (Phi) is 1.40. The highest BCUT2D eigenvalue weighted by Gasteiger charge is 1.80. The first-order valence-electron chi connectivity index (χ1n) is 2.45. The molecule has 0 aliphatic heterocycles. The molecule has 9 heavy (non-hydrogen) atoms. The molecule has 1 heterocycles. The van der Waals surface area contributed by atoms with Crippen LogP contribution in [0.5, 0.6) is 0 Å². The molecule has 1 aromatic heterocycles. The van der Waals surface area contributed by atoms with Crippen LogP contribution in [0.15, 0.2) is 29.6 Å². The van der Waals surface area contributed by atoms with Crippen LogP contribution in [0.1, 0.15) is 0 Å². The molecule has 4 heteroatoms. The van der Waals surface area contributed by atoms with Gasteiger partial charge in [-0.1, -0.05) is 11.2 Å². The van der Waals surface area contributed by atoms with Crippen LogP contribution >= 0.6 is 0 Å². The maximum absolute atomic E-state index is 8.24. The van der Waals surface area contributed by atoms with Gasteiger partial charge in [0.1, 0.15) is 0 Å². The fourth-order valence-corrected chi connectivity index (χ4v) is 0.531. The van der Waals surface area contributed by atoms with E-state index in [9.17, 15) is 0 Å². The van der Waals surface area contributed by atoms with Gasteiger partial charge in [0.15, 0.2) is 5.49 Å². The van der Waals surface area contributed by atoms with Gasteiger partial charge in [0, 0.05) is 6.20 Å². The number of nitrogens with zero attached hydrogens (tertiary/aromatic N) is 2. The molecule has 0 atom stereocenters. The number of rotatable bonds is 0. The third-order valence-corrected chi connectivity index (χ3v) is 0.970. The van der Waals surface area contributed by atoms with E-state index < -0.39 is 0 Å². The minimum absolute atomic E-state index is 0.331. The molecule has 48 valence electrons. The Bertz CT molecular complexity index is 252. The van der Waals surface area contributed by atoms with E-state index in [1.807, 2.05) is 0 Å². The molecule has 0 amide bonds. The molecule has 3 N–H and O–H groups in total. The van der Waals surface area contributed by atoms with Crippen LogP contribution in [0.2, 0.25) is 0 Å². The molecule has 0 aliphatic carbocycles. The van der Waals surface area contributed by atoms with Crippen molar-refractivity contribution in [2.24, 2.45) is 5.16 Å². The molecule has 0 aromatic carbocycles. The monoisotopic (exact) mass is 125 g/mol. The van der Waals surface area contributed by atoms with Crippen LogP contribution in [0, 0.1) is 0 Å². The number of aromatic nitrogens is 1. The second-order valence-corrected chi connectivity index (χ2v) is 1.57. The van der Waals surface area contributed by atoms with E-state index in [1.54, 1.807) is 24.4 Å². The molecule has 1 rings (SSSR count). The Morgan fingerprint density at radius 1 is 1.56 bits per heavy atom. The summed E-state index contributed by atoms with van der Waals surface area (Å²) >= 11 is 0. The summed E-state index contributed by atoms with van der Waals surface area (Å²) < 4.78 is 1.22. The van der Waals surface area contributed by atoms with Crippen molar-refractivity contribution in [3.63, 3.8) is 0 Å². The molecule has 0 aliphatic rings. The minimum Gasteiger partial charge on any atom is -0.409 e. The maximum Gasteiger partial charge on any atom is 0.190 e. The van der Waals surface area contributed by atoms with Gasteiger partial charge in [0.2, 0.25) is 0 Å². The highest BCUT2D eigenvalue weighted by atomic mass is 16.4. The van der Waals surface area contributed by atoms with Crippen molar-refractivity contribution in [3.8, 4) is 0 Å². The zero-order valence-electron chi connectivity index (χ0n) is 4.73. The Hall–Kier alpha value is -1.45. The molecule has 0 radical (unpaired) electrons. The molecule has 0 spiro atoms. The van der Waals surface area contributed by atoms with Gasteiger partial charge in [-0.2, -0.15) is 0 Å². The number of hydrogen-bond acceptors (Lipinski definition) is 3. The predicted octanol–water partition coefficient (Wildman–Crippen LogP) is -0.508. The molecule has 4 nitrogen and oxygen atoms in total. The van der Waals surface area contributed by atoms with Gasteiger partial charge < -0.3 is 11.0 Å². The van der Waals surface area contributed by atoms with Gasteiger partial charge in [-0.3, -0.25) is 0 Å². The van der Waals surface area contributed by atoms with Gasteiger partial charge >= 0.3 is 0 Å². The topological polar surface area (TPSA) is 63.5 Å². The molecular formula is C5H7N3O. The van der Waals surface area contributed by atoms with Crippen LogP contribution in [0.4, 0.5) is 0 Å². The van der Waals surface area contributed by atoms with Crippen LogP contribution in [-0.2, 0) is 0 Å². The number of nitrogens with two attached hydrogens (primary N) is 1. The zero-order valence-corrected chi connectivity index (χ0v) is 4.73. The molecule has 1 aromatic rings. The third-order valence-electron chi connectivity index (χ3n) is 0.970. The molecular weight excluding hydrogens is 118 g/mol. The quantitative estimate of drug-likeness (QED) is 0.279.